The SMILES string of the molecule is COc1cccc(-c2nnc([C@H]3CCCN(C=O)C3)o2)c1. The number of amides is 1. The summed E-state index contributed by atoms with van der Waals surface area (Å²) >= 11 is 0. The van der Waals surface area contributed by atoms with Crippen LogP contribution in [0.1, 0.15) is 24.7 Å². The van der Waals surface area contributed by atoms with Gasteiger partial charge in [-0.05, 0) is 31.0 Å². The Morgan fingerprint density at radius 2 is 2.33 bits per heavy atom. The molecule has 1 aromatic carbocycles. The largest absolute Gasteiger partial charge is 0.497 e. The van der Waals surface area contributed by atoms with Gasteiger partial charge < -0.3 is 14.1 Å². The molecule has 6 nitrogen and oxygen atoms in total. The summed E-state index contributed by atoms with van der Waals surface area (Å²) in [5.41, 5.74) is 0.830. The number of carbonyl (C=O) groups is 1. The van der Waals surface area contributed by atoms with Crippen molar-refractivity contribution >= 4 is 6.41 Å². The van der Waals surface area contributed by atoms with Crippen LogP contribution < -0.4 is 4.74 Å². The lowest BCUT2D eigenvalue weighted by Crippen LogP contribution is -2.33. The molecule has 1 amide bonds. The molecular weight excluding hydrogens is 270 g/mol. The van der Waals surface area contributed by atoms with Gasteiger partial charge >= 0.3 is 0 Å². The molecule has 1 aromatic heterocycles. The summed E-state index contributed by atoms with van der Waals surface area (Å²) in [4.78, 5) is 12.6. The van der Waals surface area contributed by atoms with Crippen LogP contribution in [0.4, 0.5) is 0 Å². The maximum absolute atomic E-state index is 10.9. The second-order valence-electron chi connectivity index (χ2n) is 5.12. The van der Waals surface area contributed by atoms with Gasteiger partial charge in [0.05, 0.1) is 13.0 Å². The third kappa shape index (κ3) is 2.89. The second kappa shape index (κ2) is 5.95. The van der Waals surface area contributed by atoms with Crippen LogP contribution in [0.3, 0.4) is 0 Å². The first-order chi connectivity index (χ1) is 10.3. The van der Waals surface area contributed by atoms with E-state index in [4.69, 9.17) is 9.15 Å². The molecule has 0 spiro atoms. The average molecular weight is 287 g/mol. The van der Waals surface area contributed by atoms with E-state index in [1.165, 1.54) is 0 Å². The Kier molecular flexibility index (Phi) is 3.85. The monoisotopic (exact) mass is 287 g/mol. The standard InChI is InChI=1S/C15H17N3O3/c1-20-13-6-2-4-11(8-13)14-16-17-15(21-14)12-5-3-7-18(9-12)10-19/h2,4,6,8,10,12H,3,5,7,9H2,1H3/t12-/m0/s1. The van der Waals surface area contributed by atoms with Gasteiger partial charge in [-0.3, -0.25) is 4.79 Å². The third-order valence-corrected chi connectivity index (χ3v) is 3.71. The van der Waals surface area contributed by atoms with E-state index in [1.807, 2.05) is 24.3 Å². The molecule has 3 rings (SSSR count). The number of likely N-dealkylation sites (tertiary alicyclic amines) is 1. The van der Waals surface area contributed by atoms with Crippen LogP contribution in [0.25, 0.3) is 11.5 Å². The van der Waals surface area contributed by atoms with Gasteiger partial charge in [0.2, 0.25) is 18.2 Å². The molecular formula is C15H17N3O3. The lowest BCUT2D eigenvalue weighted by Gasteiger charge is -2.27. The summed E-state index contributed by atoms with van der Waals surface area (Å²) in [6, 6.07) is 7.50. The molecule has 2 heterocycles. The number of rotatable bonds is 4. The lowest BCUT2D eigenvalue weighted by molar-refractivity contribution is -0.119. The molecule has 1 fully saturated rings. The molecule has 6 heteroatoms. The van der Waals surface area contributed by atoms with Crippen LogP contribution in [0.5, 0.6) is 5.75 Å². The molecule has 1 aliphatic heterocycles. The number of aromatic nitrogens is 2. The summed E-state index contributed by atoms with van der Waals surface area (Å²) in [5.74, 6) is 1.94. The first-order valence-electron chi connectivity index (χ1n) is 6.97. The molecule has 110 valence electrons. The van der Waals surface area contributed by atoms with Gasteiger partial charge in [-0.15, -0.1) is 10.2 Å². The van der Waals surface area contributed by atoms with E-state index in [1.54, 1.807) is 12.0 Å². The third-order valence-electron chi connectivity index (χ3n) is 3.71. The molecule has 0 unspecified atom stereocenters. The van der Waals surface area contributed by atoms with Crippen molar-refractivity contribution in [1.29, 1.82) is 0 Å². The zero-order valence-electron chi connectivity index (χ0n) is 11.9. The average Bonchev–Trinajstić information content (AvgIpc) is 3.05. The fourth-order valence-electron chi connectivity index (χ4n) is 2.58. The molecule has 0 saturated carbocycles. The summed E-state index contributed by atoms with van der Waals surface area (Å²) in [6.45, 7) is 1.44. The quantitative estimate of drug-likeness (QED) is 0.805. The zero-order chi connectivity index (χ0) is 14.7. The van der Waals surface area contributed by atoms with E-state index in [-0.39, 0.29) is 5.92 Å². The van der Waals surface area contributed by atoms with Crippen LogP contribution in [-0.2, 0) is 4.79 Å². The number of benzene rings is 1. The molecule has 0 radical (unpaired) electrons. The van der Waals surface area contributed by atoms with Crippen LogP contribution in [0.2, 0.25) is 0 Å². The fourth-order valence-corrected chi connectivity index (χ4v) is 2.58. The molecule has 1 atom stereocenters. The second-order valence-corrected chi connectivity index (χ2v) is 5.12. The van der Waals surface area contributed by atoms with Crippen LogP contribution in [-0.4, -0.2) is 41.7 Å². The minimum Gasteiger partial charge on any atom is -0.497 e. The number of hydrogen-bond donors (Lipinski definition) is 0. The van der Waals surface area contributed by atoms with Crippen LogP contribution in [0.15, 0.2) is 28.7 Å². The minimum absolute atomic E-state index is 0.121. The summed E-state index contributed by atoms with van der Waals surface area (Å²) in [7, 11) is 1.62. The topological polar surface area (TPSA) is 68.5 Å². The van der Waals surface area contributed by atoms with Gasteiger partial charge in [0.1, 0.15) is 5.75 Å². The Morgan fingerprint density at radius 1 is 1.43 bits per heavy atom. The predicted octanol–water partition coefficient (Wildman–Crippen LogP) is 2.08. The highest BCUT2D eigenvalue weighted by atomic mass is 16.5. The smallest absolute Gasteiger partial charge is 0.247 e. The van der Waals surface area contributed by atoms with Crippen LogP contribution >= 0.6 is 0 Å². The molecule has 2 aromatic rings. The van der Waals surface area contributed by atoms with Gasteiger partial charge in [0, 0.05) is 18.7 Å². The maximum Gasteiger partial charge on any atom is 0.247 e. The zero-order valence-corrected chi connectivity index (χ0v) is 11.9. The number of hydrogen-bond acceptors (Lipinski definition) is 5. The highest BCUT2D eigenvalue weighted by Crippen LogP contribution is 2.29. The summed E-state index contributed by atoms with van der Waals surface area (Å²) in [5, 5.41) is 8.25. The first kappa shape index (κ1) is 13.6. The van der Waals surface area contributed by atoms with E-state index in [0.717, 1.165) is 37.1 Å². The predicted molar refractivity (Wildman–Crippen MR) is 75.9 cm³/mol. The van der Waals surface area contributed by atoms with E-state index < -0.39 is 0 Å². The molecule has 0 bridgehead atoms. The van der Waals surface area contributed by atoms with E-state index in [0.29, 0.717) is 18.3 Å². The van der Waals surface area contributed by atoms with Gasteiger partial charge in [0.15, 0.2) is 0 Å². The van der Waals surface area contributed by atoms with Crippen molar-refractivity contribution in [3.63, 3.8) is 0 Å². The summed E-state index contributed by atoms with van der Waals surface area (Å²) < 4.78 is 11.0. The number of methoxy groups -OCH3 is 1. The lowest BCUT2D eigenvalue weighted by atomic mass is 9.99. The van der Waals surface area contributed by atoms with Crippen LogP contribution in [0, 0.1) is 0 Å². The Labute approximate surface area is 122 Å². The van der Waals surface area contributed by atoms with Crippen molar-refractivity contribution in [1.82, 2.24) is 15.1 Å². The van der Waals surface area contributed by atoms with E-state index in [2.05, 4.69) is 10.2 Å². The molecule has 21 heavy (non-hydrogen) atoms. The fraction of sp³-hybridized carbons (Fsp3) is 0.400. The van der Waals surface area contributed by atoms with Crippen molar-refractivity contribution in [3.05, 3.63) is 30.2 Å². The Bertz CT molecular complexity index is 626. The van der Waals surface area contributed by atoms with Crippen molar-refractivity contribution in [2.75, 3.05) is 20.2 Å². The van der Waals surface area contributed by atoms with E-state index in [9.17, 15) is 4.79 Å². The Morgan fingerprint density at radius 3 is 3.14 bits per heavy atom. The van der Waals surface area contributed by atoms with Gasteiger partial charge in [0.25, 0.3) is 0 Å². The van der Waals surface area contributed by atoms with E-state index >= 15 is 0 Å². The Hall–Kier alpha value is -2.37. The van der Waals surface area contributed by atoms with Crippen molar-refractivity contribution in [2.24, 2.45) is 0 Å². The summed E-state index contributed by atoms with van der Waals surface area (Å²) in [6.07, 6.45) is 2.80. The highest BCUT2D eigenvalue weighted by Gasteiger charge is 2.25. The normalized spacial score (nSPS) is 18.5. The van der Waals surface area contributed by atoms with Crippen molar-refractivity contribution in [3.8, 4) is 17.2 Å². The van der Waals surface area contributed by atoms with Gasteiger partial charge in [-0.2, -0.15) is 0 Å². The number of nitrogens with zero attached hydrogens (tertiary/aromatic N) is 3. The first-order valence-corrected chi connectivity index (χ1v) is 6.97. The molecule has 1 saturated heterocycles. The van der Waals surface area contributed by atoms with Crippen molar-refractivity contribution < 1.29 is 13.9 Å². The van der Waals surface area contributed by atoms with Gasteiger partial charge in [-0.1, -0.05) is 6.07 Å². The highest BCUT2D eigenvalue weighted by molar-refractivity contribution is 5.55. The van der Waals surface area contributed by atoms with Crippen molar-refractivity contribution in [2.45, 2.75) is 18.8 Å². The number of piperidine rings is 1. The molecule has 0 N–H and O–H groups in total. The molecule has 0 aliphatic carbocycles. The number of carbonyl (C=O) groups excluding carboxylic acids is 1. The van der Waals surface area contributed by atoms with Gasteiger partial charge in [-0.25, -0.2) is 0 Å². The maximum atomic E-state index is 10.9. The number of ether oxygens (including phenoxy) is 1. The Balaban J connectivity index is 1.80. The minimum atomic E-state index is 0.121. The molecule has 1 aliphatic rings.